The van der Waals surface area contributed by atoms with Gasteiger partial charge in [-0.05, 0) is 37.3 Å². The molecule has 32 heavy (non-hydrogen) atoms. The zero-order valence-corrected chi connectivity index (χ0v) is 18.4. The van der Waals surface area contributed by atoms with E-state index >= 15 is 0 Å². The third-order valence-corrected chi connectivity index (χ3v) is 6.21. The summed E-state index contributed by atoms with van der Waals surface area (Å²) in [5.74, 6) is 0.615. The fourth-order valence-electron chi connectivity index (χ4n) is 3.47. The Morgan fingerprint density at radius 2 is 1.84 bits per heavy atom. The molecule has 0 amide bonds. The van der Waals surface area contributed by atoms with Crippen molar-refractivity contribution < 1.29 is 23.0 Å². The molecular formula is C23H23F2N3O3S. The van der Waals surface area contributed by atoms with Crippen LogP contribution in [0, 0.1) is 0 Å². The summed E-state index contributed by atoms with van der Waals surface area (Å²) >= 11 is 1.37. The standard InChI is InChI=1S/C23H23F2N3O3S/c1-15(21(29)16-6-8-17(9-7-16)31-23(24)25)32-22-18-4-2-3-5-19(18)26-20(27-22)14-28-10-12-30-13-11-28/h2-9,15,23H,10-14H2,1H3. The number of morpholine rings is 1. The molecule has 0 spiro atoms. The number of fused-ring (bicyclic) bond motifs is 1. The second kappa shape index (κ2) is 10.3. The Kier molecular flexibility index (Phi) is 7.29. The number of rotatable bonds is 8. The fourth-order valence-corrected chi connectivity index (χ4v) is 4.51. The molecule has 2 heterocycles. The summed E-state index contributed by atoms with van der Waals surface area (Å²) in [6.07, 6.45) is 0. The first kappa shape index (κ1) is 22.6. The highest BCUT2D eigenvalue weighted by atomic mass is 32.2. The van der Waals surface area contributed by atoms with Crippen LogP contribution in [0.3, 0.4) is 0 Å². The Labute approximate surface area is 188 Å². The smallest absolute Gasteiger partial charge is 0.387 e. The number of halogens is 2. The van der Waals surface area contributed by atoms with E-state index in [2.05, 4.69) is 9.64 Å². The van der Waals surface area contributed by atoms with Crippen molar-refractivity contribution >= 4 is 28.4 Å². The molecule has 1 saturated heterocycles. The molecule has 6 nitrogen and oxygen atoms in total. The number of aromatic nitrogens is 2. The van der Waals surface area contributed by atoms with Gasteiger partial charge in [0.2, 0.25) is 0 Å². The third kappa shape index (κ3) is 5.59. The average Bonchev–Trinajstić information content (AvgIpc) is 2.79. The van der Waals surface area contributed by atoms with Crippen molar-refractivity contribution in [2.75, 3.05) is 26.3 Å². The van der Waals surface area contributed by atoms with Gasteiger partial charge in [0.1, 0.15) is 16.6 Å². The highest BCUT2D eigenvalue weighted by molar-refractivity contribution is 8.00. The molecule has 1 unspecified atom stereocenters. The monoisotopic (exact) mass is 459 g/mol. The van der Waals surface area contributed by atoms with Crippen molar-refractivity contribution in [1.82, 2.24) is 14.9 Å². The molecule has 1 aliphatic heterocycles. The molecule has 1 fully saturated rings. The zero-order chi connectivity index (χ0) is 22.5. The average molecular weight is 460 g/mol. The number of carbonyl (C=O) groups is 1. The Balaban J connectivity index is 1.53. The topological polar surface area (TPSA) is 64.5 Å². The van der Waals surface area contributed by atoms with E-state index in [1.807, 2.05) is 31.2 Å². The van der Waals surface area contributed by atoms with E-state index in [4.69, 9.17) is 14.7 Å². The molecule has 2 aromatic carbocycles. The molecule has 0 aliphatic carbocycles. The van der Waals surface area contributed by atoms with Gasteiger partial charge in [-0.1, -0.05) is 30.0 Å². The number of carbonyl (C=O) groups excluding carboxylic acids is 1. The lowest BCUT2D eigenvalue weighted by molar-refractivity contribution is -0.0498. The van der Waals surface area contributed by atoms with Crippen molar-refractivity contribution in [1.29, 1.82) is 0 Å². The van der Waals surface area contributed by atoms with Gasteiger partial charge in [0.05, 0.1) is 30.5 Å². The van der Waals surface area contributed by atoms with E-state index in [1.54, 1.807) is 0 Å². The quantitative estimate of drug-likeness (QED) is 0.281. The fraction of sp³-hybridized carbons (Fsp3) is 0.348. The predicted molar refractivity (Wildman–Crippen MR) is 118 cm³/mol. The Hall–Kier alpha value is -2.62. The normalized spacial score (nSPS) is 15.8. The first-order chi connectivity index (χ1) is 15.5. The molecule has 168 valence electrons. The van der Waals surface area contributed by atoms with Crippen LogP contribution in [0.1, 0.15) is 23.1 Å². The minimum Gasteiger partial charge on any atom is -0.435 e. The summed E-state index contributed by atoms with van der Waals surface area (Å²) in [5, 5.41) is 1.22. The maximum Gasteiger partial charge on any atom is 0.387 e. The minimum absolute atomic E-state index is 0.0198. The molecule has 0 saturated carbocycles. The van der Waals surface area contributed by atoms with E-state index in [0.29, 0.717) is 31.1 Å². The largest absolute Gasteiger partial charge is 0.435 e. The van der Waals surface area contributed by atoms with Gasteiger partial charge in [0.25, 0.3) is 0 Å². The summed E-state index contributed by atoms with van der Waals surface area (Å²) in [5.41, 5.74) is 1.26. The second-order valence-corrected chi connectivity index (χ2v) is 8.71. The number of nitrogens with zero attached hydrogens (tertiary/aromatic N) is 3. The van der Waals surface area contributed by atoms with E-state index in [-0.39, 0.29) is 11.5 Å². The summed E-state index contributed by atoms with van der Waals surface area (Å²) in [4.78, 5) is 24.7. The lowest BCUT2D eigenvalue weighted by Gasteiger charge is -2.26. The van der Waals surface area contributed by atoms with E-state index in [1.165, 1.54) is 36.0 Å². The van der Waals surface area contributed by atoms with E-state index in [9.17, 15) is 13.6 Å². The first-order valence-electron chi connectivity index (χ1n) is 10.3. The molecule has 1 aromatic heterocycles. The van der Waals surface area contributed by atoms with Crippen LogP contribution in [0.15, 0.2) is 53.6 Å². The van der Waals surface area contributed by atoms with Gasteiger partial charge in [-0.2, -0.15) is 8.78 Å². The SMILES string of the molecule is CC(Sc1nc(CN2CCOCC2)nc2ccccc12)C(=O)c1ccc(OC(F)F)cc1. The van der Waals surface area contributed by atoms with Crippen molar-refractivity contribution in [3.8, 4) is 5.75 Å². The highest BCUT2D eigenvalue weighted by Crippen LogP contribution is 2.30. The molecule has 3 aromatic rings. The molecule has 0 N–H and O–H groups in total. The van der Waals surface area contributed by atoms with Crippen molar-refractivity contribution in [2.45, 2.75) is 30.4 Å². The van der Waals surface area contributed by atoms with Crippen molar-refractivity contribution in [2.24, 2.45) is 0 Å². The molecule has 1 aliphatic rings. The molecule has 9 heteroatoms. The Bertz CT molecular complexity index is 1080. The number of benzene rings is 2. The summed E-state index contributed by atoms with van der Waals surface area (Å²) < 4.78 is 34.4. The van der Waals surface area contributed by atoms with Gasteiger partial charge >= 0.3 is 6.61 Å². The van der Waals surface area contributed by atoms with Gasteiger partial charge in [-0.3, -0.25) is 9.69 Å². The van der Waals surface area contributed by atoms with Crippen molar-refractivity contribution in [3.63, 3.8) is 0 Å². The van der Waals surface area contributed by atoms with Crippen LogP contribution in [-0.4, -0.2) is 58.8 Å². The van der Waals surface area contributed by atoms with Gasteiger partial charge < -0.3 is 9.47 Å². The third-order valence-electron chi connectivity index (χ3n) is 5.10. The number of hydrogen-bond acceptors (Lipinski definition) is 7. The number of thioether (sulfide) groups is 1. The summed E-state index contributed by atoms with van der Waals surface area (Å²) in [6, 6.07) is 13.5. The lowest BCUT2D eigenvalue weighted by atomic mass is 10.1. The maximum atomic E-state index is 12.9. The first-order valence-corrected chi connectivity index (χ1v) is 11.2. The molecule has 4 rings (SSSR count). The Morgan fingerprint density at radius 1 is 1.12 bits per heavy atom. The summed E-state index contributed by atoms with van der Waals surface area (Å²) in [6.45, 7) is 2.59. The highest BCUT2D eigenvalue weighted by Gasteiger charge is 2.21. The number of Topliss-reactive ketones (excluding diaryl/α,β-unsaturated/α-hetero) is 1. The number of ketones is 1. The van der Waals surface area contributed by atoms with Crippen LogP contribution in [0.5, 0.6) is 5.75 Å². The van der Waals surface area contributed by atoms with Crippen molar-refractivity contribution in [3.05, 3.63) is 59.9 Å². The van der Waals surface area contributed by atoms with E-state index < -0.39 is 11.9 Å². The summed E-state index contributed by atoms with van der Waals surface area (Å²) in [7, 11) is 0. The number of alkyl halides is 2. The van der Waals surface area contributed by atoms with Crippen LogP contribution in [0.25, 0.3) is 10.9 Å². The predicted octanol–water partition coefficient (Wildman–Crippen LogP) is 4.43. The van der Waals surface area contributed by atoms with Gasteiger partial charge in [-0.15, -0.1) is 0 Å². The van der Waals surface area contributed by atoms with Gasteiger partial charge in [0, 0.05) is 24.0 Å². The van der Waals surface area contributed by atoms with Crippen LogP contribution in [-0.2, 0) is 11.3 Å². The molecular weight excluding hydrogens is 436 g/mol. The second-order valence-electron chi connectivity index (χ2n) is 7.38. The number of hydrogen-bond donors (Lipinski definition) is 0. The molecule has 1 atom stereocenters. The molecule has 0 bridgehead atoms. The van der Waals surface area contributed by atoms with Gasteiger partial charge in [-0.25, -0.2) is 9.97 Å². The minimum atomic E-state index is -2.90. The van der Waals surface area contributed by atoms with Crippen LogP contribution in [0.4, 0.5) is 8.78 Å². The maximum absolute atomic E-state index is 12.9. The lowest BCUT2D eigenvalue weighted by Crippen LogP contribution is -2.36. The van der Waals surface area contributed by atoms with Crippen LogP contribution in [0.2, 0.25) is 0 Å². The number of para-hydroxylation sites is 1. The Morgan fingerprint density at radius 3 is 2.56 bits per heavy atom. The van der Waals surface area contributed by atoms with E-state index in [0.717, 1.165) is 29.0 Å². The van der Waals surface area contributed by atoms with Crippen LogP contribution < -0.4 is 4.74 Å². The molecule has 0 radical (unpaired) electrons. The zero-order valence-electron chi connectivity index (χ0n) is 17.5. The van der Waals surface area contributed by atoms with Gasteiger partial charge in [0.15, 0.2) is 5.78 Å². The number of ether oxygens (including phenoxy) is 2. The van der Waals surface area contributed by atoms with Crippen LogP contribution >= 0.6 is 11.8 Å².